The summed E-state index contributed by atoms with van der Waals surface area (Å²) < 4.78 is 6.97. The molecule has 3 rings (SSSR count). The Balaban J connectivity index is 1.88. The molecular weight excluding hydrogens is 534 g/mol. The molecule has 0 spiro atoms. The molecule has 0 aliphatic carbocycles. The number of amides is 1. The molecule has 0 aliphatic rings. The van der Waals surface area contributed by atoms with Gasteiger partial charge in [-0.1, -0.05) is 83.7 Å². The summed E-state index contributed by atoms with van der Waals surface area (Å²) in [5, 5.41) is 0.999. The number of carbonyl (C=O) groups excluding carboxylic acids is 1. The van der Waals surface area contributed by atoms with Crippen LogP contribution < -0.4 is 10.3 Å². The van der Waals surface area contributed by atoms with Gasteiger partial charge in [0.05, 0.1) is 29.7 Å². The lowest BCUT2D eigenvalue weighted by molar-refractivity contribution is -0.133. The molecule has 6 nitrogen and oxygen atoms in total. The fourth-order valence-electron chi connectivity index (χ4n) is 5.24. The lowest BCUT2D eigenvalue weighted by atomic mass is 10.1. The van der Waals surface area contributed by atoms with Crippen molar-refractivity contribution in [2.24, 2.45) is 5.92 Å². The van der Waals surface area contributed by atoms with Crippen LogP contribution in [0.1, 0.15) is 110 Å². The van der Waals surface area contributed by atoms with E-state index in [1.807, 2.05) is 36.1 Å². The van der Waals surface area contributed by atoms with Crippen LogP contribution in [-0.4, -0.2) is 34.0 Å². The highest BCUT2D eigenvalue weighted by atomic mass is 35.5. The smallest absolute Gasteiger partial charge is 0.266 e. The number of nitrogens with zero attached hydrogens (tertiary/aromatic N) is 3. The summed E-state index contributed by atoms with van der Waals surface area (Å²) >= 11 is 6.29. The third kappa shape index (κ3) is 9.32. The summed E-state index contributed by atoms with van der Waals surface area (Å²) in [4.78, 5) is 34.4. The molecule has 1 amide bonds. The SMILES string of the molecule is CCCCCCCCCCCC(=O)N(CCC(C)C)C(C)c1nc2cc(Cl)ccc2c(=O)n1-c1ccc(OC)cc1. The Labute approximate surface area is 251 Å². The molecule has 1 aromatic heterocycles. The van der Waals surface area contributed by atoms with Crippen LogP contribution >= 0.6 is 11.6 Å². The third-order valence-electron chi connectivity index (χ3n) is 7.79. The highest BCUT2D eigenvalue weighted by Gasteiger charge is 2.27. The van der Waals surface area contributed by atoms with Crippen molar-refractivity contribution in [1.29, 1.82) is 0 Å². The van der Waals surface area contributed by atoms with Crippen LogP contribution in [0.4, 0.5) is 0 Å². The van der Waals surface area contributed by atoms with Crippen molar-refractivity contribution in [2.75, 3.05) is 13.7 Å². The van der Waals surface area contributed by atoms with Gasteiger partial charge in [-0.25, -0.2) is 4.98 Å². The van der Waals surface area contributed by atoms with Gasteiger partial charge in [0, 0.05) is 18.0 Å². The molecule has 0 saturated carbocycles. The fourth-order valence-corrected chi connectivity index (χ4v) is 5.40. The van der Waals surface area contributed by atoms with Gasteiger partial charge in [0.2, 0.25) is 5.91 Å². The van der Waals surface area contributed by atoms with E-state index in [0.717, 1.165) is 19.3 Å². The Morgan fingerprint density at radius 1 is 0.951 bits per heavy atom. The second kappa shape index (κ2) is 16.5. The molecule has 0 saturated heterocycles. The predicted octanol–water partition coefficient (Wildman–Crippen LogP) is 8.90. The van der Waals surface area contributed by atoms with Crippen molar-refractivity contribution in [2.45, 2.75) is 104 Å². The average molecular weight is 582 g/mol. The lowest BCUT2D eigenvalue weighted by Crippen LogP contribution is -2.38. The number of unbranched alkanes of at least 4 members (excludes halogenated alkanes) is 8. The summed E-state index contributed by atoms with van der Waals surface area (Å²) in [6.45, 7) is 9.16. The van der Waals surface area contributed by atoms with Crippen LogP contribution in [0.2, 0.25) is 5.02 Å². The van der Waals surface area contributed by atoms with Gasteiger partial charge in [-0.15, -0.1) is 0 Å². The summed E-state index contributed by atoms with van der Waals surface area (Å²) in [6.07, 6.45) is 12.3. The van der Waals surface area contributed by atoms with Crippen LogP contribution in [0.5, 0.6) is 5.75 Å². The summed E-state index contributed by atoms with van der Waals surface area (Å²) in [7, 11) is 1.61. The molecule has 41 heavy (non-hydrogen) atoms. The van der Waals surface area contributed by atoms with Crippen LogP contribution in [0, 0.1) is 5.92 Å². The molecule has 0 bridgehead atoms. The minimum atomic E-state index is -0.405. The van der Waals surface area contributed by atoms with Gasteiger partial charge in [0.1, 0.15) is 11.6 Å². The molecule has 2 aromatic carbocycles. The first-order valence-electron chi connectivity index (χ1n) is 15.4. The van der Waals surface area contributed by atoms with Crippen molar-refractivity contribution >= 4 is 28.4 Å². The maximum Gasteiger partial charge on any atom is 0.266 e. The van der Waals surface area contributed by atoms with Gasteiger partial charge in [0.15, 0.2) is 0 Å². The van der Waals surface area contributed by atoms with Gasteiger partial charge < -0.3 is 9.64 Å². The Morgan fingerprint density at radius 3 is 2.20 bits per heavy atom. The van der Waals surface area contributed by atoms with Gasteiger partial charge in [-0.05, 0) is 68.1 Å². The molecule has 3 aromatic rings. The van der Waals surface area contributed by atoms with Crippen LogP contribution in [0.25, 0.3) is 16.6 Å². The first-order chi connectivity index (χ1) is 19.8. The van der Waals surface area contributed by atoms with Gasteiger partial charge in [-0.3, -0.25) is 14.2 Å². The van der Waals surface area contributed by atoms with E-state index >= 15 is 0 Å². The maximum atomic E-state index is 13.9. The van der Waals surface area contributed by atoms with E-state index in [4.69, 9.17) is 21.3 Å². The third-order valence-corrected chi connectivity index (χ3v) is 8.03. The van der Waals surface area contributed by atoms with E-state index in [1.165, 1.54) is 44.9 Å². The van der Waals surface area contributed by atoms with Crippen molar-refractivity contribution in [3.8, 4) is 11.4 Å². The first-order valence-corrected chi connectivity index (χ1v) is 15.8. The number of fused-ring (bicyclic) bond motifs is 1. The number of halogens is 1. The highest BCUT2D eigenvalue weighted by Crippen LogP contribution is 2.27. The Kier molecular flexibility index (Phi) is 13.2. The summed E-state index contributed by atoms with van der Waals surface area (Å²) in [5.74, 6) is 1.78. The monoisotopic (exact) mass is 581 g/mol. The van der Waals surface area contributed by atoms with Crippen molar-refractivity contribution in [1.82, 2.24) is 14.5 Å². The topological polar surface area (TPSA) is 64.4 Å². The lowest BCUT2D eigenvalue weighted by Gasteiger charge is -2.31. The summed E-state index contributed by atoms with van der Waals surface area (Å²) in [6, 6.07) is 12.1. The summed E-state index contributed by atoms with van der Waals surface area (Å²) in [5.41, 5.74) is 1.02. The van der Waals surface area contributed by atoms with Crippen molar-refractivity contribution < 1.29 is 9.53 Å². The van der Waals surface area contributed by atoms with E-state index in [1.54, 1.807) is 29.9 Å². The number of ether oxygens (including phenoxy) is 1. The Hall–Kier alpha value is -2.86. The van der Waals surface area contributed by atoms with E-state index in [-0.39, 0.29) is 11.5 Å². The first kappa shape index (κ1) is 32.7. The van der Waals surface area contributed by atoms with Crippen LogP contribution in [-0.2, 0) is 4.79 Å². The van der Waals surface area contributed by atoms with E-state index < -0.39 is 6.04 Å². The zero-order chi connectivity index (χ0) is 29.8. The van der Waals surface area contributed by atoms with Crippen LogP contribution in [0.3, 0.4) is 0 Å². The second-order valence-electron chi connectivity index (χ2n) is 11.5. The molecule has 0 fully saturated rings. The number of rotatable bonds is 17. The predicted molar refractivity (Wildman–Crippen MR) is 170 cm³/mol. The second-order valence-corrected chi connectivity index (χ2v) is 11.9. The molecule has 0 N–H and O–H groups in total. The number of aromatic nitrogens is 2. The van der Waals surface area contributed by atoms with E-state index in [0.29, 0.717) is 52.1 Å². The van der Waals surface area contributed by atoms with E-state index in [9.17, 15) is 9.59 Å². The number of benzene rings is 2. The standard InChI is InChI=1S/C34H48ClN3O3/c1-6-7-8-9-10-11-12-13-14-15-32(39)37(23-22-25(2)3)26(4)33-36-31-24-27(35)16-21-30(31)34(40)38(33)28-17-19-29(41-5)20-18-28/h16-21,24-26H,6-15,22-23H2,1-5H3. The Bertz CT molecular complexity index is 1300. The maximum absolute atomic E-state index is 13.9. The van der Waals surface area contributed by atoms with Crippen molar-refractivity contribution in [3.05, 3.63) is 63.7 Å². The average Bonchev–Trinajstić information content (AvgIpc) is 2.96. The molecule has 224 valence electrons. The largest absolute Gasteiger partial charge is 0.497 e. The molecular formula is C34H48ClN3O3. The molecule has 1 unspecified atom stereocenters. The number of hydrogen-bond acceptors (Lipinski definition) is 4. The fraction of sp³-hybridized carbons (Fsp3) is 0.559. The quantitative estimate of drug-likeness (QED) is 0.149. The minimum Gasteiger partial charge on any atom is -0.497 e. The molecule has 1 atom stereocenters. The zero-order valence-electron chi connectivity index (χ0n) is 25.6. The van der Waals surface area contributed by atoms with Crippen molar-refractivity contribution in [3.63, 3.8) is 0 Å². The number of carbonyl (C=O) groups is 1. The normalized spacial score (nSPS) is 12.2. The number of methoxy groups -OCH3 is 1. The minimum absolute atomic E-state index is 0.114. The zero-order valence-corrected chi connectivity index (χ0v) is 26.4. The molecule has 0 aliphatic heterocycles. The Morgan fingerprint density at radius 2 is 1.59 bits per heavy atom. The van der Waals surface area contributed by atoms with Gasteiger partial charge in [-0.2, -0.15) is 0 Å². The molecule has 0 radical (unpaired) electrons. The van der Waals surface area contributed by atoms with Gasteiger partial charge in [0.25, 0.3) is 5.56 Å². The van der Waals surface area contributed by atoms with E-state index in [2.05, 4.69) is 20.8 Å². The molecule has 1 heterocycles. The number of hydrogen-bond donors (Lipinski definition) is 0. The van der Waals surface area contributed by atoms with Crippen LogP contribution in [0.15, 0.2) is 47.3 Å². The van der Waals surface area contributed by atoms with Gasteiger partial charge >= 0.3 is 0 Å². The molecule has 7 heteroatoms. The highest BCUT2D eigenvalue weighted by molar-refractivity contribution is 6.31.